The third-order valence-electron chi connectivity index (χ3n) is 1.68. The van der Waals surface area contributed by atoms with Crippen molar-refractivity contribution in [3.8, 4) is 0 Å². The van der Waals surface area contributed by atoms with Crippen LogP contribution in [0.5, 0.6) is 0 Å². The van der Waals surface area contributed by atoms with Crippen LogP contribution in [0.3, 0.4) is 0 Å². The standard InChI is InChI=1S/C9H6ClN3O2S/c10-5-1-2-11-7(3-5)13-9-12-6(4-16-9)8(14)15/h1-4H,(H,14,15)(H,11,12,13). The minimum atomic E-state index is -1.05. The van der Waals surface area contributed by atoms with Crippen molar-refractivity contribution in [1.29, 1.82) is 0 Å². The molecule has 0 unspecified atom stereocenters. The largest absolute Gasteiger partial charge is 0.476 e. The van der Waals surface area contributed by atoms with Gasteiger partial charge in [-0.2, -0.15) is 0 Å². The molecule has 0 aliphatic rings. The average Bonchev–Trinajstić information content (AvgIpc) is 2.66. The van der Waals surface area contributed by atoms with Gasteiger partial charge in [0, 0.05) is 16.6 Å². The maximum Gasteiger partial charge on any atom is 0.355 e. The Hall–Kier alpha value is -1.66. The van der Waals surface area contributed by atoms with Crippen LogP contribution in [0.4, 0.5) is 10.9 Å². The molecule has 0 atom stereocenters. The topological polar surface area (TPSA) is 75.1 Å². The molecule has 0 aromatic carbocycles. The number of hydrogen-bond donors (Lipinski definition) is 2. The number of hydrogen-bond acceptors (Lipinski definition) is 5. The van der Waals surface area contributed by atoms with Crippen LogP contribution in [-0.2, 0) is 0 Å². The van der Waals surface area contributed by atoms with Crippen molar-refractivity contribution in [1.82, 2.24) is 9.97 Å². The number of carboxylic acids is 1. The van der Waals surface area contributed by atoms with Crippen molar-refractivity contribution in [3.05, 3.63) is 34.4 Å². The fourth-order valence-electron chi connectivity index (χ4n) is 1.01. The molecule has 2 aromatic rings. The van der Waals surface area contributed by atoms with E-state index < -0.39 is 5.97 Å². The predicted octanol–water partition coefficient (Wildman–Crippen LogP) is 2.63. The first-order valence-corrected chi connectivity index (χ1v) is 5.48. The number of anilines is 2. The van der Waals surface area contributed by atoms with Crippen molar-refractivity contribution in [2.45, 2.75) is 0 Å². The molecule has 0 saturated carbocycles. The van der Waals surface area contributed by atoms with Crippen LogP contribution in [0.2, 0.25) is 5.02 Å². The van der Waals surface area contributed by atoms with Gasteiger partial charge in [0.15, 0.2) is 10.8 Å². The van der Waals surface area contributed by atoms with E-state index in [1.807, 2.05) is 0 Å². The maximum absolute atomic E-state index is 10.6. The molecule has 2 N–H and O–H groups in total. The molecule has 0 aliphatic heterocycles. The van der Waals surface area contributed by atoms with E-state index in [4.69, 9.17) is 16.7 Å². The van der Waals surface area contributed by atoms with Crippen molar-refractivity contribution < 1.29 is 9.90 Å². The first-order valence-electron chi connectivity index (χ1n) is 4.22. The van der Waals surface area contributed by atoms with Gasteiger partial charge in [0.2, 0.25) is 0 Å². The van der Waals surface area contributed by atoms with Crippen molar-refractivity contribution in [2.75, 3.05) is 5.32 Å². The summed E-state index contributed by atoms with van der Waals surface area (Å²) in [5.41, 5.74) is 0.00882. The quantitative estimate of drug-likeness (QED) is 0.882. The van der Waals surface area contributed by atoms with Gasteiger partial charge in [-0.15, -0.1) is 11.3 Å². The van der Waals surface area contributed by atoms with Gasteiger partial charge in [-0.3, -0.25) is 0 Å². The van der Waals surface area contributed by atoms with Gasteiger partial charge in [-0.05, 0) is 12.1 Å². The van der Waals surface area contributed by atoms with E-state index in [2.05, 4.69) is 15.3 Å². The number of aromatic carboxylic acids is 1. The zero-order chi connectivity index (χ0) is 11.5. The van der Waals surface area contributed by atoms with E-state index in [1.54, 1.807) is 18.3 Å². The first kappa shape index (κ1) is 10.8. The molecule has 0 amide bonds. The second-order valence-electron chi connectivity index (χ2n) is 2.83. The lowest BCUT2D eigenvalue weighted by molar-refractivity contribution is 0.0691. The number of rotatable bonds is 3. The number of pyridine rings is 1. The molecule has 2 rings (SSSR count). The van der Waals surface area contributed by atoms with E-state index in [-0.39, 0.29) is 5.69 Å². The normalized spacial score (nSPS) is 10.1. The summed E-state index contributed by atoms with van der Waals surface area (Å²) in [5, 5.41) is 14.0. The van der Waals surface area contributed by atoms with E-state index in [9.17, 15) is 4.79 Å². The molecular formula is C9H6ClN3O2S. The minimum absolute atomic E-state index is 0.00882. The molecule has 2 aromatic heterocycles. The lowest BCUT2D eigenvalue weighted by atomic mass is 10.4. The number of aromatic nitrogens is 2. The van der Waals surface area contributed by atoms with Gasteiger partial charge in [0.1, 0.15) is 5.82 Å². The van der Waals surface area contributed by atoms with E-state index in [0.29, 0.717) is 16.0 Å². The fourth-order valence-corrected chi connectivity index (χ4v) is 1.86. The summed E-state index contributed by atoms with van der Waals surface area (Å²) in [7, 11) is 0. The Morgan fingerprint density at radius 1 is 1.56 bits per heavy atom. The van der Waals surface area contributed by atoms with Crippen molar-refractivity contribution in [3.63, 3.8) is 0 Å². The average molecular weight is 256 g/mol. The van der Waals surface area contributed by atoms with E-state index in [1.165, 1.54) is 16.7 Å². The van der Waals surface area contributed by atoms with Crippen molar-refractivity contribution >= 4 is 39.9 Å². The molecule has 7 heteroatoms. The van der Waals surface area contributed by atoms with Gasteiger partial charge in [0.25, 0.3) is 0 Å². The van der Waals surface area contributed by atoms with Gasteiger partial charge in [0.05, 0.1) is 0 Å². The third-order valence-corrected chi connectivity index (χ3v) is 2.67. The second kappa shape index (κ2) is 4.46. The Morgan fingerprint density at radius 2 is 2.38 bits per heavy atom. The predicted molar refractivity (Wildman–Crippen MR) is 61.6 cm³/mol. The summed E-state index contributed by atoms with van der Waals surface area (Å²) in [4.78, 5) is 18.5. The number of carbonyl (C=O) groups is 1. The molecule has 5 nitrogen and oxygen atoms in total. The molecule has 2 heterocycles. The number of halogens is 1. The summed E-state index contributed by atoms with van der Waals surface area (Å²) in [6, 6.07) is 3.28. The van der Waals surface area contributed by atoms with Crippen LogP contribution in [-0.4, -0.2) is 21.0 Å². The zero-order valence-electron chi connectivity index (χ0n) is 7.85. The Balaban J connectivity index is 2.17. The second-order valence-corrected chi connectivity index (χ2v) is 4.12. The van der Waals surface area contributed by atoms with E-state index >= 15 is 0 Å². The maximum atomic E-state index is 10.6. The highest BCUT2D eigenvalue weighted by Gasteiger charge is 2.08. The summed E-state index contributed by atoms with van der Waals surface area (Å²) in [6.45, 7) is 0. The Labute approximate surface area is 99.7 Å². The minimum Gasteiger partial charge on any atom is -0.476 e. The van der Waals surface area contributed by atoms with Crippen LogP contribution >= 0.6 is 22.9 Å². The summed E-state index contributed by atoms with van der Waals surface area (Å²) >= 11 is 6.97. The van der Waals surface area contributed by atoms with Crippen LogP contribution in [0.1, 0.15) is 10.5 Å². The SMILES string of the molecule is O=C(O)c1csc(Nc2cc(Cl)ccn2)n1. The molecule has 0 spiro atoms. The highest BCUT2D eigenvalue weighted by Crippen LogP contribution is 2.21. The molecular weight excluding hydrogens is 250 g/mol. The number of nitrogens with zero attached hydrogens (tertiary/aromatic N) is 2. The Kier molecular flexibility index (Phi) is 3.02. The van der Waals surface area contributed by atoms with Gasteiger partial charge in [-0.25, -0.2) is 14.8 Å². The lowest BCUT2D eigenvalue weighted by Gasteiger charge is -2.00. The smallest absolute Gasteiger partial charge is 0.355 e. The lowest BCUT2D eigenvalue weighted by Crippen LogP contribution is -1.97. The van der Waals surface area contributed by atoms with Crippen LogP contribution in [0.25, 0.3) is 0 Å². The summed E-state index contributed by atoms with van der Waals surface area (Å²) in [6.07, 6.45) is 1.55. The summed E-state index contributed by atoms with van der Waals surface area (Å²) < 4.78 is 0. The monoisotopic (exact) mass is 255 g/mol. The highest BCUT2D eigenvalue weighted by molar-refractivity contribution is 7.14. The van der Waals surface area contributed by atoms with E-state index in [0.717, 1.165) is 0 Å². The third kappa shape index (κ3) is 2.47. The number of nitrogens with one attached hydrogen (secondary N) is 1. The summed E-state index contributed by atoms with van der Waals surface area (Å²) in [5.74, 6) is -0.526. The molecule has 0 bridgehead atoms. The molecule has 0 aliphatic carbocycles. The van der Waals surface area contributed by atoms with Crippen molar-refractivity contribution in [2.24, 2.45) is 0 Å². The van der Waals surface area contributed by atoms with Crippen LogP contribution in [0, 0.1) is 0 Å². The molecule has 16 heavy (non-hydrogen) atoms. The van der Waals surface area contributed by atoms with Crippen LogP contribution < -0.4 is 5.32 Å². The molecule has 0 radical (unpaired) electrons. The van der Waals surface area contributed by atoms with Gasteiger partial charge in [-0.1, -0.05) is 11.6 Å². The first-order chi connectivity index (χ1) is 7.65. The number of carboxylic acid groups (broad SMARTS) is 1. The molecule has 0 saturated heterocycles. The zero-order valence-corrected chi connectivity index (χ0v) is 9.42. The van der Waals surface area contributed by atoms with Gasteiger partial charge >= 0.3 is 5.97 Å². The Bertz CT molecular complexity index is 529. The Morgan fingerprint density at radius 3 is 3.00 bits per heavy atom. The van der Waals surface area contributed by atoms with Gasteiger partial charge < -0.3 is 10.4 Å². The highest BCUT2D eigenvalue weighted by atomic mass is 35.5. The molecule has 0 fully saturated rings. The van der Waals surface area contributed by atoms with Crippen LogP contribution in [0.15, 0.2) is 23.7 Å². The number of thiazole rings is 1. The molecule has 82 valence electrons. The fraction of sp³-hybridized carbons (Fsp3) is 0.